The Labute approximate surface area is 217 Å². The summed E-state index contributed by atoms with van der Waals surface area (Å²) in [6.45, 7) is 0. The second-order valence-electron chi connectivity index (χ2n) is 9.19. The van der Waals surface area contributed by atoms with Crippen molar-refractivity contribution in [2.24, 2.45) is 0 Å². The van der Waals surface area contributed by atoms with Gasteiger partial charge in [0, 0.05) is 30.5 Å². The van der Waals surface area contributed by atoms with E-state index in [9.17, 15) is 32.6 Å². The summed E-state index contributed by atoms with van der Waals surface area (Å²) < 4.78 is 90.9. The predicted molar refractivity (Wildman–Crippen MR) is 138 cm³/mol. The average Bonchev–Trinajstić information content (AvgIpc) is 2.88. The lowest BCUT2D eigenvalue weighted by Crippen LogP contribution is -2.32. The normalized spacial score (nSPS) is 20.2. The Bertz CT molecular complexity index is 1420. The number of anilines is 1. The van der Waals surface area contributed by atoms with Gasteiger partial charge in [-0.05, 0) is 74.2 Å². The van der Waals surface area contributed by atoms with Crippen LogP contribution in [0.25, 0.3) is 11.3 Å². The summed E-state index contributed by atoms with van der Waals surface area (Å²) in [5.41, 5.74) is 1.94. The van der Waals surface area contributed by atoms with Crippen molar-refractivity contribution in [2.75, 3.05) is 12.4 Å². The molecule has 1 saturated carbocycles. The summed E-state index contributed by atoms with van der Waals surface area (Å²) >= 11 is 0. The highest BCUT2D eigenvalue weighted by atomic mass is 32.5. The topological polar surface area (TPSA) is 88.2 Å². The van der Waals surface area contributed by atoms with E-state index in [0.717, 1.165) is 12.1 Å². The van der Waals surface area contributed by atoms with Crippen molar-refractivity contribution in [3.63, 3.8) is 0 Å². The van der Waals surface area contributed by atoms with Crippen LogP contribution in [-0.2, 0) is 9.84 Å². The van der Waals surface area contributed by atoms with Gasteiger partial charge in [0.25, 0.3) is 5.91 Å². The largest absolute Gasteiger partial charge is 0.382 e. The molecule has 2 aromatic carbocycles. The van der Waals surface area contributed by atoms with Crippen LogP contribution < -0.4 is 10.6 Å². The maximum Gasteiger partial charge on any atom is 0.310 e. The number of rotatable bonds is 7. The van der Waals surface area contributed by atoms with Crippen LogP contribution in [0.5, 0.6) is 0 Å². The summed E-state index contributed by atoms with van der Waals surface area (Å²) in [5, 5.41) is 4.90. The van der Waals surface area contributed by atoms with Gasteiger partial charge in [-0.2, -0.15) is 0 Å². The van der Waals surface area contributed by atoms with Crippen molar-refractivity contribution in [3.05, 3.63) is 72.4 Å². The van der Waals surface area contributed by atoms with Gasteiger partial charge in [-0.15, -0.1) is 0 Å². The van der Waals surface area contributed by atoms with Gasteiger partial charge in [-0.25, -0.2) is 8.42 Å². The molecule has 1 aromatic heterocycles. The van der Waals surface area contributed by atoms with Crippen LogP contribution in [0, 0.1) is 0 Å². The molecule has 2 N–H and O–H groups in total. The average molecular weight is 576 g/mol. The van der Waals surface area contributed by atoms with Gasteiger partial charge in [0.1, 0.15) is 4.90 Å². The molecule has 0 unspecified atom stereocenters. The number of amides is 1. The quantitative estimate of drug-likeness (QED) is 0.297. The summed E-state index contributed by atoms with van der Waals surface area (Å²) in [7, 11) is -11.8. The number of pyridine rings is 1. The third-order valence-electron chi connectivity index (χ3n) is 6.51. The maximum absolute atomic E-state index is 13.2. The van der Waals surface area contributed by atoms with Crippen molar-refractivity contribution in [3.8, 4) is 11.3 Å². The first-order valence-corrected chi connectivity index (χ1v) is 15.2. The van der Waals surface area contributed by atoms with Gasteiger partial charge in [0.05, 0.1) is 21.4 Å². The van der Waals surface area contributed by atoms with Gasteiger partial charge in [0.2, 0.25) is 0 Å². The number of halogens is 5. The molecule has 0 aliphatic heterocycles. The van der Waals surface area contributed by atoms with E-state index in [1.165, 1.54) is 25.4 Å². The van der Waals surface area contributed by atoms with E-state index in [1.807, 2.05) is 0 Å². The van der Waals surface area contributed by atoms with E-state index in [4.69, 9.17) is 0 Å². The zero-order valence-electron chi connectivity index (χ0n) is 20.2. The molecular formula is C25H26F5N3O3S2. The fourth-order valence-electron chi connectivity index (χ4n) is 4.41. The van der Waals surface area contributed by atoms with Crippen LogP contribution in [-0.4, -0.2) is 37.6 Å². The van der Waals surface area contributed by atoms with Crippen molar-refractivity contribution in [2.45, 2.75) is 46.8 Å². The molecule has 1 aliphatic carbocycles. The van der Waals surface area contributed by atoms with Crippen LogP contribution in [0.2, 0.25) is 0 Å². The van der Waals surface area contributed by atoms with Gasteiger partial charge in [-0.3, -0.25) is 9.78 Å². The number of nitrogens with one attached hydrogen (secondary N) is 2. The zero-order valence-corrected chi connectivity index (χ0v) is 21.8. The molecule has 38 heavy (non-hydrogen) atoms. The number of nitrogens with zero attached hydrogens (tertiary/aromatic N) is 1. The molecule has 1 aliphatic rings. The predicted octanol–water partition coefficient (Wildman–Crippen LogP) is 6.96. The number of carbonyl (C=O) groups is 1. The van der Waals surface area contributed by atoms with E-state index >= 15 is 0 Å². The molecule has 6 nitrogen and oxygen atoms in total. The first-order valence-electron chi connectivity index (χ1n) is 11.7. The first kappa shape index (κ1) is 27.8. The number of hydrogen-bond acceptors (Lipinski definition) is 5. The molecule has 0 bridgehead atoms. The molecule has 0 saturated heterocycles. The summed E-state index contributed by atoms with van der Waals surface area (Å²) in [4.78, 5) is 14.1. The van der Waals surface area contributed by atoms with E-state index in [-0.39, 0.29) is 22.5 Å². The Hall–Kier alpha value is -3.19. The first-order chi connectivity index (χ1) is 17.6. The molecule has 0 spiro atoms. The molecule has 4 rings (SSSR count). The number of sulfone groups is 1. The summed E-state index contributed by atoms with van der Waals surface area (Å²) in [6, 6.07) is 12.1. The molecule has 1 heterocycles. The number of aromatic nitrogens is 1. The lowest BCUT2D eigenvalue weighted by Gasteiger charge is -2.40. The second kappa shape index (κ2) is 9.23. The Morgan fingerprint density at radius 2 is 1.47 bits per heavy atom. The van der Waals surface area contributed by atoms with Crippen molar-refractivity contribution in [1.82, 2.24) is 10.3 Å². The van der Waals surface area contributed by atoms with Crippen LogP contribution in [0.15, 0.2) is 76.7 Å². The second-order valence-corrected chi connectivity index (χ2v) is 13.8. The minimum Gasteiger partial charge on any atom is -0.382 e. The highest BCUT2D eigenvalue weighted by Gasteiger charge is 2.65. The summed E-state index contributed by atoms with van der Waals surface area (Å²) in [5.74, 6) is -0.263. The number of benzene rings is 2. The number of hydrogen-bond donors (Lipinski definition) is 2. The highest BCUT2D eigenvalue weighted by Crippen LogP contribution is 3.02. The van der Waals surface area contributed by atoms with Crippen LogP contribution >= 0.6 is 10.2 Å². The van der Waals surface area contributed by atoms with Gasteiger partial charge in [0.15, 0.2) is 9.84 Å². The zero-order chi connectivity index (χ0) is 27.8. The maximum atomic E-state index is 13.2. The molecule has 0 radical (unpaired) electrons. The Balaban J connectivity index is 1.37. The molecule has 1 fully saturated rings. The Kier molecular flexibility index (Phi) is 6.76. The minimum absolute atomic E-state index is 0.172. The van der Waals surface area contributed by atoms with Crippen LogP contribution in [0.4, 0.5) is 25.1 Å². The molecule has 1 amide bonds. The highest BCUT2D eigenvalue weighted by molar-refractivity contribution is 8.45. The minimum atomic E-state index is -9.72. The molecular weight excluding hydrogens is 549 g/mol. The third kappa shape index (κ3) is 6.26. The van der Waals surface area contributed by atoms with Crippen molar-refractivity contribution >= 4 is 31.7 Å². The van der Waals surface area contributed by atoms with E-state index in [1.54, 1.807) is 24.3 Å². The fourth-order valence-corrected chi connectivity index (χ4v) is 6.86. The van der Waals surface area contributed by atoms with E-state index < -0.39 is 30.2 Å². The molecule has 13 heteroatoms. The van der Waals surface area contributed by atoms with E-state index in [2.05, 4.69) is 15.6 Å². The van der Waals surface area contributed by atoms with Gasteiger partial charge in [-0.1, -0.05) is 31.6 Å². The van der Waals surface area contributed by atoms with E-state index in [0.29, 0.717) is 54.6 Å². The molecule has 0 atom stereocenters. The number of carbonyl (C=O) groups excluding carboxylic acids is 1. The molecule has 3 aromatic rings. The Morgan fingerprint density at radius 1 is 0.868 bits per heavy atom. The summed E-state index contributed by atoms with van der Waals surface area (Å²) in [6.07, 6.45) is 3.02. The third-order valence-corrected chi connectivity index (χ3v) is 9.96. The Morgan fingerprint density at radius 3 is 1.97 bits per heavy atom. The lowest BCUT2D eigenvalue weighted by molar-refractivity contribution is 0.0962. The van der Waals surface area contributed by atoms with Gasteiger partial charge < -0.3 is 10.6 Å². The monoisotopic (exact) mass is 575 g/mol. The van der Waals surface area contributed by atoms with Crippen LogP contribution in [0.3, 0.4) is 0 Å². The molecule has 206 valence electrons. The fraction of sp³-hybridized carbons (Fsp3) is 0.280. The standard InChI is InChI=1S/C25H26F5N3O3S2/c1-31-25(34)18-4-15-24(32-16-18)17-2-9-21(10-3-17)37(35,36)22-11-5-19(6-12-22)33-20-7-13-23(14-8-20)38(26,27,28,29)30/h2-4,7-10,13-16,19,22,33H,5-6,11-12H2,1H3,(H,31,34). The SMILES string of the molecule is CNC(=O)c1ccc(-c2ccc(S(=O)(=O)C3CCC(Nc4ccc(S(F)(F)(F)(F)F)cc4)CC3)cc2)nc1. The smallest absolute Gasteiger partial charge is 0.310 e. The lowest BCUT2D eigenvalue weighted by atomic mass is 9.95. The van der Waals surface area contributed by atoms with Crippen molar-refractivity contribution in [1.29, 1.82) is 0 Å². The van der Waals surface area contributed by atoms with Crippen molar-refractivity contribution < 1.29 is 32.6 Å². The van der Waals surface area contributed by atoms with Crippen LogP contribution in [0.1, 0.15) is 36.0 Å². The van der Waals surface area contributed by atoms with Gasteiger partial charge >= 0.3 is 10.2 Å².